The number of rotatable bonds is 12. The summed E-state index contributed by atoms with van der Waals surface area (Å²) >= 11 is 5.24. The molecule has 0 saturated carbocycles. The second-order valence-corrected chi connectivity index (χ2v) is 8.58. The van der Waals surface area contributed by atoms with Gasteiger partial charge in [0.05, 0.1) is 6.61 Å². The van der Waals surface area contributed by atoms with Crippen LogP contribution in [0.1, 0.15) is 24.5 Å². The first-order chi connectivity index (χ1) is 15.1. The molecule has 0 amide bonds. The van der Waals surface area contributed by atoms with Crippen LogP contribution in [-0.2, 0) is 20.2 Å². The molecule has 10 heteroatoms. The van der Waals surface area contributed by atoms with Gasteiger partial charge in [-0.15, -0.1) is 5.10 Å². The Kier molecular flexibility index (Phi) is 9.11. The average Bonchev–Trinajstić information content (AvgIpc) is 3.17. The van der Waals surface area contributed by atoms with E-state index in [9.17, 15) is 4.39 Å². The first-order valence-corrected chi connectivity index (χ1v) is 11.7. The SMILES string of the molecule is CCOc1cc(CNCCCSc2nnnn2C)c(Br)cc1OCc1ccccc1F. The van der Waals surface area contributed by atoms with Crippen molar-refractivity contribution in [1.82, 2.24) is 25.5 Å². The average molecular weight is 510 g/mol. The highest BCUT2D eigenvalue weighted by molar-refractivity contribution is 9.10. The zero-order chi connectivity index (χ0) is 22.1. The van der Waals surface area contributed by atoms with E-state index in [4.69, 9.17) is 9.47 Å². The number of halogens is 2. The Bertz CT molecular complexity index is 988. The molecule has 7 nitrogen and oxygen atoms in total. The van der Waals surface area contributed by atoms with Crippen LogP contribution in [0.3, 0.4) is 0 Å². The number of benzene rings is 2. The largest absolute Gasteiger partial charge is 0.490 e. The Morgan fingerprint density at radius 2 is 1.97 bits per heavy atom. The molecule has 0 bridgehead atoms. The van der Waals surface area contributed by atoms with Gasteiger partial charge in [-0.25, -0.2) is 9.07 Å². The standard InChI is InChI=1S/C21H25BrFN5O2S/c1-3-29-19-11-16(13-24-9-6-10-31-21-25-26-27-28(21)2)17(22)12-20(19)30-14-15-7-4-5-8-18(15)23/h4-5,7-8,11-12,24H,3,6,9-10,13-14H2,1-2H3. The van der Waals surface area contributed by atoms with E-state index >= 15 is 0 Å². The monoisotopic (exact) mass is 509 g/mol. The van der Waals surface area contributed by atoms with E-state index in [1.165, 1.54) is 6.07 Å². The van der Waals surface area contributed by atoms with Crippen molar-refractivity contribution in [2.75, 3.05) is 18.9 Å². The minimum absolute atomic E-state index is 0.134. The van der Waals surface area contributed by atoms with Crippen molar-refractivity contribution >= 4 is 27.7 Å². The summed E-state index contributed by atoms with van der Waals surface area (Å²) in [6.45, 7) is 4.11. The molecular weight excluding hydrogens is 485 g/mol. The summed E-state index contributed by atoms with van der Waals surface area (Å²) in [7, 11) is 1.83. The van der Waals surface area contributed by atoms with Crippen LogP contribution in [0.25, 0.3) is 0 Å². The molecule has 0 aliphatic carbocycles. The van der Waals surface area contributed by atoms with Crippen molar-refractivity contribution in [3.63, 3.8) is 0 Å². The molecule has 2 aromatic carbocycles. The minimum Gasteiger partial charge on any atom is -0.490 e. The Labute approximate surface area is 193 Å². The van der Waals surface area contributed by atoms with Crippen LogP contribution in [-0.4, -0.2) is 39.1 Å². The van der Waals surface area contributed by atoms with Crippen LogP contribution in [0.5, 0.6) is 11.5 Å². The van der Waals surface area contributed by atoms with Crippen LogP contribution < -0.4 is 14.8 Å². The van der Waals surface area contributed by atoms with Gasteiger partial charge in [0.25, 0.3) is 0 Å². The summed E-state index contributed by atoms with van der Waals surface area (Å²) in [6.07, 6.45) is 0.983. The molecule has 3 rings (SSSR count). The second-order valence-electron chi connectivity index (χ2n) is 6.67. The van der Waals surface area contributed by atoms with Crippen LogP contribution in [0.2, 0.25) is 0 Å². The third-order valence-electron chi connectivity index (χ3n) is 4.38. The maximum Gasteiger partial charge on any atom is 0.209 e. The van der Waals surface area contributed by atoms with E-state index in [0.717, 1.165) is 33.9 Å². The molecule has 3 aromatic rings. The maximum atomic E-state index is 13.9. The van der Waals surface area contributed by atoms with Crippen LogP contribution in [0, 0.1) is 5.82 Å². The molecule has 1 heterocycles. The second kappa shape index (κ2) is 12.0. The highest BCUT2D eigenvalue weighted by Crippen LogP contribution is 2.34. The molecule has 0 atom stereocenters. The van der Waals surface area contributed by atoms with Crippen molar-refractivity contribution in [2.45, 2.75) is 31.7 Å². The number of nitrogens with zero attached hydrogens (tertiary/aromatic N) is 4. The van der Waals surface area contributed by atoms with Gasteiger partial charge in [-0.1, -0.05) is 45.9 Å². The fraction of sp³-hybridized carbons (Fsp3) is 0.381. The number of tetrazole rings is 1. The Hall–Kier alpha value is -2.17. The molecule has 0 aliphatic rings. The topological polar surface area (TPSA) is 74.1 Å². The molecule has 0 spiro atoms. The van der Waals surface area contributed by atoms with Gasteiger partial charge < -0.3 is 14.8 Å². The lowest BCUT2D eigenvalue weighted by Crippen LogP contribution is -2.16. The summed E-state index contributed by atoms with van der Waals surface area (Å²) in [5.41, 5.74) is 1.56. The number of aryl methyl sites for hydroxylation is 1. The minimum atomic E-state index is -0.283. The Morgan fingerprint density at radius 1 is 1.16 bits per heavy atom. The van der Waals surface area contributed by atoms with Crippen molar-refractivity contribution < 1.29 is 13.9 Å². The van der Waals surface area contributed by atoms with Gasteiger partial charge in [-0.05, 0) is 54.1 Å². The summed E-state index contributed by atoms with van der Waals surface area (Å²) in [5.74, 6) is 1.86. The van der Waals surface area contributed by atoms with E-state index in [-0.39, 0.29) is 12.4 Å². The lowest BCUT2D eigenvalue weighted by atomic mass is 10.2. The number of nitrogens with one attached hydrogen (secondary N) is 1. The van der Waals surface area contributed by atoms with Crippen molar-refractivity contribution in [2.24, 2.45) is 7.05 Å². The predicted octanol–water partition coefficient (Wildman–Crippen LogP) is 4.36. The van der Waals surface area contributed by atoms with Crippen molar-refractivity contribution in [3.8, 4) is 11.5 Å². The molecule has 0 saturated heterocycles. The van der Waals surface area contributed by atoms with Gasteiger partial charge in [0.2, 0.25) is 5.16 Å². The van der Waals surface area contributed by atoms with Gasteiger partial charge in [-0.2, -0.15) is 0 Å². The number of hydrogen-bond acceptors (Lipinski definition) is 7. The molecule has 0 aliphatic heterocycles. The first-order valence-electron chi connectivity index (χ1n) is 9.95. The summed E-state index contributed by atoms with van der Waals surface area (Å²) in [4.78, 5) is 0. The molecule has 1 N–H and O–H groups in total. The van der Waals surface area contributed by atoms with Crippen LogP contribution in [0.4, 0.5) is 4.39 Å². The quantitative estimate of drug-likeness (QED) is 0.287. The van der Waals surface area contributed by atoms with Crippen LogP contribution in [0.15, 0.2) is 46.0 Å². The number of aromatic nitrogens is 4. The number of thioether (sulfide) groups is 1. The van der Waals surface area contributed by atoms with E-state index in [0.29, 0.717) is 30.2 Å². The summed E-state index contributed by atoms with van der Waals surface area (Å²) < 4.78 is 28.1. The lowest BCUT2D eigenvalue weighted by Gasteiger charge is -2.16. The molecule has 31 heavy (non-hydrogen) atoms. The van der Waals surface area contributed by atoms with Gasteiger partial charge in [0, 0.05) is 29.4 Å². The van der Waals surface area contributed by atoms with E-state index in [2.05, 4.69) is 36.8 Å². The molecule has 0 fully saturated rings. The molecule has 0 unspecified atom stereocenters. The summed E-state index contributed by atoms with van der Waals surface area (Å²) in [5, 5.41) is 15.7. The first kappa shape index (κ1) is 23.5. The van der Waals surface area contributed by atoms with E-state index in [1.807, 2.05) is 26.1 Å². The fourth-order valence-electron chi connectivity index (χ4n) is 2.79. The molecular formula is C21H25BrFN5O2S. The Balaban J connectivity index is 1.52. The van der Waals surface area contributed by atoms with Gasteiger partial charge in [0.15, 0.2) is 11.5 Å². The molecule has 166 valence electrons. The van der Waals surface area contributed by atoms with Gasteiger partial charge in [-0.3, -0.25) is 0 Å². The molecule has 1 aromatic heterocycles. The number of hydrogen-bond donors (Lipinski definition) is 1. The highest BCUT2D eigenvalue weighted by atomic mass is 79.9. The fourth-order valence-corrected chi connectivity index (χ4v) is 4.04. The normalized spacial score (nSPS) is 11.0. The lowest BCUT2D eigenvalue weighted by molar-refractivity contribution is 0.265. The van der Waals surface area contributed by atoms with Crippen molar-refractivity contribution in [1.29, 1.82) is 0 Å². The zero-order valence-electron chi connectivity index (χ0n) is 17.5. The van der Waals surface area contributed by atoms with E-state index in [1.54, 1.807) is 34.6 Å². The van der Waals surface area contributed by atoms with Gasteiger partial charge in [0.1, 0.15) is 12.4 Å². The predicted molar refractivity (Wildman–Crippen MR) is 122 cm³/mol. The van der Waals surface area contributed by atoms with E-state index < -0.39 is 0 Å². The Morgan fingerprint density at radius 3 is 2.71 bits per heavy atom. The zero-order valence-corrected chi connectivity index (χ0v) is 19.9. The number of ether oxygens (including phenoxy) is 2. The highest BCUT2D eigenvalue weighted by Gasteiger charge is 2.12. The third-order valence-corrected chi connectivity index (χ3v) is 6.21. The third kappa shape index (κ3) is 6.91. The summed E-state index contributed by atoms with van der Waals surface area (Å²) in [6, 6.07) is 10.4. The smallest absolute Gasteiger partial charge is 0.209 e. The maximum absolute atomic E-state index is 13.9. The van der Waals surface area contributed by atoms with Crippen molar-refractivity contribution in [3.05, 3.63) is 57.8 Å². The van der Waals surface area contributed by atoms with Gasteiger partial charge >= 0.3 is 0 Å². The van der Waals surface area contributed by atoms with Crippen LogP contribution >= 0.6 is 27.7 Å². The molecule has 0 radical (unpaired) electrons.